The Hall–Kier alpha value is -3.36. The van der Waals surface area contributed by atoms with Crippen molar-refractivity contribution in [3.8, 4) is 0 Å². The highest BCUT2D eigenvalue weighted by Crippen LogP contribution is 2.28. The van der Waals surface area contributed by atoms with Gasteiger partial charge in [0.15, 0.2) is 0 Å². The lowest BCUT2D eigenvalue weighted by atomic mass is 10.1. The molecule has 208 valence electrons. The lowest BCUT2D eigenvalue weighted by molar-refractivity contribution is -0.139. The van der Waals surface area contributed by atoms with Crippen LogP contribution >= 0.6 is 11.6 Å². The fraction of sp³-hybridized carbons (Fsp3) is 0.333. The van der Waals surface area contributed by atoms with Crippen LogP contribution in [0.3, 0.4) is 0 Å². The maximum Gasteiger partial charge on any atom is 0.264 e. The van der Waals surface area contributed by atoms with Crippen LogP contribution < -0.4 is 9.62 Å². The van der Waals surface area contributed by atoms with Crippen LogP contribution in [0.5, 0.6) is 0 Å². The third-order valence-corrected chi connectivity index (χ3v) is 8.50. The molecule has 0 aliphatic heterocycles. The summed E-state index contributed by atoms with van der Waals surface area (Å²) in [6.45, 7) is 5.73. The average molecular weight is 570 g/mol. The summed E-state index contributed by atoms with van der Waals surface area (Å²) in [5.41, 5.74) is 1.95. The molecule has 0 radical (unpaired) electrons. The predicted octanol–water partition coefficient (Wildman–Crippen LogP) is 5.43. The van der Waals surface area contributed by atoms with Crippen LogP contribution in [0.15, 0.2) is 83.8 Å². The highest BCUT2D eigenvalue weighted by Gasteiger charge is 2.33. The van der Waals surface area contributed by atoms with Gasteiger partial charge in [-0.3, -0.25) is 13.9 Å². The number of aryl methyl sites for hydroxylation is 1. The molecule has 3 aromatic carbocycles. The molecule has 7 nitrogen and oxygen atoms in total. The Kier molecular flexibility index (Phi) is 10.9. The molecule has 3 aromatic rings. The molecular weight excluding hydrogens is 534 g/mol. The van der Waals surface area contributed by atoms with E-state index in [1.807, 2.05) is 32.0 Å². The molecule has 1 N–H and O–H groups in total. The van der Waals surface area contributed by atoms with Crippen molar-refractivity contribution >= 4 is 39.1 Å². The van der Waals surface area contributed by atoms with Crippen LogP contribution in [0, 0.1) is 0 Å². The van der Waals surface area contributed by atoms with Crippen molar-refractivity contribution in [2.75, 3.05) is 17.4 Å². The van der Waals surface area contributed by atoms with Gasteiger partial charge >= 0.3 is 0 Å². The molecular formula is C30H36ClN3O4S. The average Bonchev–Trinajstić information content (AvgIpc) is 2.94. The van der Waals surface area contributed by atoms with Gasteiger partial charge in [-0.05, 0) is 61.2 Å². The van der Waals surface area contributed by atoms with E-state index < -0.39 is 28.5 Å². The molecule has 0 saturated heterocycles. The van der Waals surface area contributed by atoms with Crippen LogP contribution in [0.25, 0.3) is 0 Å². The SMILES string of the molecule is CCCCNC(=O)[C@H](C)N(Cc1cccc(Cl)c1)C(=O)CN(c1ccccc1CC)S(=O)(=O)c1ccccc1. The normalized spacial score (nSPS) is 12.0. The van der Waals surface area contributed by atoms with E-state index >= 15 is 0 Å². The van der Waals surface area contributed by atoms with E-state index in [9.17, 15) is 18.0 Å². The molecule has 0 heterocycles. The molecule has 0 aromatic heterocycles. The second-order valence-electron chi connectivity index (χ2n) is 9.28. The van der Waals surface area contributed by atoms with Crippen molar-refractivity contribution in [1.29, 1.82) is 0 Å². The fourth-order valence-electron chi connectivity index (χ4n) is 4.24. The quantitative estimate of drug-likeness (QED) is 0.278. The van der Waals surface area contributed by atoms with Crippen molar-refractivity contribution in [2.45, 2.75) is 57.5 Å². The summed E-state index contributed by atoms with van der Waals surface area (Å²) >= 11 is 6.19. The van der Waals surface area contributed by atoms with E-state index in [1.165, 1.54) is 17.0 Å². The molecule has 0 aliphatic carbocycles. The first-order valence-corrected chi connectivity index (χ1v) is 15.0. The van der Waals surface area contributed by atoms with Gasteiger partial charge in [0.2, 0.25) is 11.8 Å². The summed E-state index contributed by atoms with van der Waals surface area (Å²) < 4.78 is 28.9. The Balaban J connectivity index is 2.02. The summed E-state index contributed by atoms with van der Waals surface area (Å²) in [6, 6.07) is 21.4. The van der Waals surface area contributed by atoms with E-state index in [-0.39, 0.29) is 17.3 Å². The highest BCUT2D eigenvalue weighted by atomic mass is 35.5. The van der Waals surface area contributed by atoms with Crippen molar-refractivity contribution in [2.24, 2.45) is 0 Å². The number of nitrogens with zero attached hydrogens (tertiary/aromatic N) is 2. The standard InChI is InChI=1S/C30H36ClN3O4S/c1-4-6-19-32-30(36)23(3)33(21-24-13-12-15-26(31)20-24)29(35)22-34(28-18-11-10-14-25(28)5-2)39(37,38)27-16-8-7-9-17-27/h7-18,20,23H,4-6,19,21-22H2,1-3H3,(H,32,36)/t23-/m0/s1. The fourth-order valence-corrected chi connectivity index (χ4v) is 5.92. The van der Waals surface area contributed by atoms with Crippen molar-refractivity contribution in [3.63, 3.8) is 0 Å². The number of nitrogens with one attached hydrogen (secondary N) is 1. The number of hydrogen-bond acceptors (Lipinski definition) is 4. The van der Waals surface area contributed by atoms with Gasteiger partial charge in [0.25, 0.3) is 10.0 Å². The molecule has 2 amide bonds. The number of benzene rings is 3. The third-order valence-electron chi connectivity index (χ3n) is 6.49. The van der Waals surface area contributed by atoms with Crippen molar-refractivity contribution < 1.29 is 18.0 Å². The molecule has 1 atom stereocenters. The second kappa shape index (κ2) is 14.1. The summed E-state index contributed by atoms with van der Waals surface area (Å²) in [5, 5.41) is 3.39. The zero-order chi connectivity index (χ0) is 28.4. The van der Waals surface area contributed by atoms with E-state index in [2.05, 4.69) is 5.32 Å². The number of anilines is 1. The first-order chi connectivity index (χ1) is 18.7. The topological polar surface area (TPSA) is 86.8 Å². The number of para-hydroxylation sites is 1. The minimum Gasteiger partial charge on any atom is -0.354 e. The Labute approximate surface area is 236 Å². The smallest absolute Gasteiger partial charge is 0.264 e. The first-order valence-electron chi connectivity index (χ1n) is 13.2. The van der Waals surface area contributed by atoms with Crippen molar-refractivity contribution in [1.82, 2.24) is 10.2 Å². The predicted molar refractivity (Wildman–Crippen MR) is 156 cm³/mol. The summed E-state index contributed by atoms with van der Waals surface area (Å²) in [5.74, 6) is -0.802. The Bertz CT molecular complexity index is 1370. The zero-order valence-corrected chi connectivity index (χ0v) is 24.2. The number of rotatable bonds is 13. The van der Waals surface area contributed by atoms with Crippen LogP contribution in [-0.4, -0.2) is 44.3 Å². The minimum absolute atomic E-state index is 0.0791. The van der Waals surface area contributed by atoms with Crippen LogP contribution in [0.2, 0.25) is 5.02 Å². The number of carbonyl (C=O) groups is 2. The summed E-state index contributed by atoms with van der Waals surface area (Å²) in [6.07, 6.45) is 2.31. The van der Waals surface area contributed by atoms with Crippen LogP contribution in [-0.2, 0) is 32.6 Å². The van der Waals surface area contributed by atoms with Crippen LogP contribution in [0.1, 0.15) is 44.7 Å². The molecule has 0 spiro atoms. The Morgan fingerprint density at radius 3 is 2.31 bits per heavy atom. The van der Waals surface area contributed by atoms with E-state index in [0.717, 1.165) is 28.3 Å². The Morgan fingerprint density at radius 2 is 1.64 bits per heavy atom. The molecule has 0 bridgehead atoms. The molecule has 3 rings (SSSR count). The molecule has 0 fully saturated rings. The van der Waals surface area contributed by atoms with Gasteiger partial charge in [-0.15, -0.1) is 0 Å². The van der Waals surface area contributed by atoms with Gasteiger partial charge in [0.05, 0.1) is 10.6 Å². The lowest BCUT2D eigenvalue weighted by Gasteiger charge is -2.32. The number of unbranched alkanes of at least 4 members (excludes halogenated alkanes) is 1. The number of carbonyl (C=O) groups excluding carboxylic acids is 2. The molecule has 9 heteroatoms. The maximum absolute atomic E-state index is 14.0. The monoisotopic (exact) mass is 569 g/mol. The number of sulfonamides is 1. The number of amides is 2. The van der Waals surface area contributed by atoms with Gasteiger partial charge in [0, 0.05) is 18.1 Å². The van der Waals surface area contributed by atoms with Crippen LogP contribution in [0.4, 0.5) is 5.69 Å². The summed E-state index contributed by atoms with van der Waals surface area (Å²) in [7, 11) is -4.09. The van der Waals surface area contributed by atoms with Gasteiger partial charge in [-0.25, -0.2) is 8.42 Å². The first kappa shape index (κ1) is 30.2. The zero-order valence-electron chi connectivity index (χ0n) is 22.6. The third kappa shape index (κ3) is 7.83. The maximum atomic E-state index is 14.0. The molecule has 39 heavy (non-hydrogen) atoms. The molecule has 0 saturated carbocycles. The van der Waals surface area contributed by atoms with Gasteiger partial charge < -0.3 is 10.2 Å². The van der Waals surface area contributed by atoms with E-state index in [4.69, 9.17) is 11.6 Å². The number of hydrogen-bond donors (Lipinski definition) is 1. The van der Waals surface area contributed by atoms with Crippen molar-refractivity contribution in [3.05, 3.63) is 95.0 Å². The molecule has 0 unspecified atom stereocenters. The lowest BCUT2D eigenvalue weighted by Crippen LogP contribution is -2.51. The second-order valence-corrected chi connectivity index (χ2v) is 11.6. The summed E-state index contributed by atoms with van der Waals surface area (Å²) in [4.78, 5) is 28.5. The van der Waals surface area contributed by atoms with E-state index in [0.29, 0.717) is 23.7 Å². The highest BCUT2D eigenvalue weighted by molar-refractivity contribution is 7.92. The van der Waals surface area contributed by atoms with Gasteiger partial charge in [0.1, 0.15) is 12.6 Å². The molecule has 0 aliphatic rings. The Morgan fingerprint density at radius 1 is 0.949 bits per heavy atom. The minimum atomic E-state index is -4.09. The largest absolute Gasteiger partial charge is 0.354 e. The van der Waals surface area contributed by atoms with Gasteiger partial charge in [-0.1, -0.05) is 80.4 Å². The number of halogens is 1. The van der Waals surface area contributed by atoms with E-state index in [1.54, 1.807) is 55.5 Å². The van der Waals surface area contributed by atoms with Gasteiger partial charge in [-0.2, -0.15) is 0 Å².